The van der Waals surface area contributed by atoms with Crippen LogP contribution in [0.2, 0.25) is 0 Å². The fourth-order valence-electron chi connectivity index (χ4n) is 1.41. The van der Waals surface area contributed by atoms with Gasteiger partial charge in [0.25, 0.3) is 0 Å². The van der Waals surface area contributed by atoms with Crippen molar-refractivity contribution >= 4 is 11.3 Å². The molecule has 2 rings (SSSR count). The third kappa shape index (κ3) is 2.78. The van der Waals surface area contributed by atoms with Gasteiger partial charge in [-0.3, -0.25) is 0 Å². The van der Waals surface area contributed by atoms with E-state index in [-0.39, 0.29) is 5.75 Å². The average Bonchev–Trinajstić information content (AvgIpc) is 2.77. The minimum atomic E-state index is -2.84. The van der Waals surface area contributed by atoms with E-state index in [0.717, 1.165) is 5.01 Å². The third-order valence-electron chi connectivity index (χ3n) is 2.11. The Labute approximate surface area is 101 Å². The van der Waals surface area contributed by atoms with E-state index in [1.54, 1.807) is 23.6 Å². The Bertz CT molecular complexity index is 502. The van der Waals surface area contributed by atoms with Crippen LogP contribution < -0.4 is 10.5 Å². The highest BCUT2D eigenvalue weighted by molar-refractivity contribution is 7.09. The van der Waals surface area contributed by atoms with E-state index < -0.39 is 6.61 Å². The van der Waals surface area contributed by atoms with E-state index in [9.17, 15) is 8.78 Å². The lowest BCUT2D eigenvalue weighted by Gasteiger charge is -2.08. The minimum Gasteiger partial charge on any atom is -0.434 e. The molecule has 17 heavy (non-hydrogen) atoms. The van der Waals surface area contributed by atoms with Gasteiger partial charge in [0.1, 0.15) is 10.8 Å². The summed E-state index contributed by atoms with van der Waals surface area (Å²) in [6.45, 7) is -2.51. The van der Waals surface area contributed by atoms with Crippen molar-refractivity contribution < 1.29 is 13.5 Å². The van der Waals surface area contributed by atoms with E-state index >= 15 is 0 Å². The molecule has 0 radical (unpaired) electrons. The van der Waals surface area contributed by atoms with Gasteiger partial charge in [-0.05, 0) is 12.1 Å². The molecule has 0 atom stereocenters. The van der Waals surface area contributed by atoms with Crippen LogP contribution >= 0.6 is 11.3 Å². The van der Waals surface area contributed by atoms with Crippen molar-refractivity contribution in [1.82, 2.24) is 4.98 Å². The van der Waals surface area contributed by atoms with Crippen molar-refractivity contribution in [3.63, 3.8) is 0 Å². The topological polar surface area (TPSA) is 48.1 Å². The standard InChI is InChI=1S/C11H10F2N2OS/c12-11(13)16-9-4-2-1-3-7(9)8-6-17-10(5-14)15-8/h1-4,6,11H,5,14H2. The second-order valence-corrected chi connectivity index (χ2v) is 4.15. The van der Waals surface area contributed by atoms with Crippen LogP contribution in [0.5, 0.6) is 5.75 Å². The summed E-state index contributed by atoms with van der Waals surface area (Å²) in [5.41, 5.74) is 6.61. The fraction of sp³-hybridized carbons (Fsp3) is 0.182. The number of nitrogens with two attached hydrogens (primary N) is 1. The predicted octanol–water partition coefficient (Wildman–Crippen LogP) is 2.87. The maximum Gasteiger partial charge on any atom is 0.387 e. The van der Waals surface area contributed by atoms with Gasteiger partial charge in [0.2, 0.25) is 0 Å². The molecule has 0 amide bonds. The van der Waals surface area contributed by atoms with Gasteiger partial charge in [-0.25, -0.2) is 4.98 Å². The molecule has 0 aliphatic heterocycles. The summed E-state index contributed by atoms with van der Waals surface area (Å²) in [5, 5.41) is 2.53. The number of para-hydroxylation sites is 1. The third-order valence-corrected chi connectivity index (χ3v) is 2.98. The van der Waals surface area contributed by atoms with Crippen LogP contribution in [-0.2, 0) is 6.54 Å². The Morgan fingerprint density at radius 2 is 2.12 bits per heavy atom. The molecule has 0 saturated carbocycles. The van der Waals surface area contributed by atoms with Gasteiger partial charge < -0.3 is 10.5 Å². The van der Waals surface area contributed by atoms with Gasteiger partial charge in [0.15, 0.2) is 0 Å². The number of rotatable bonds is 4. The lowest BCUT2D eigenvalue weighted by atomic mass is 10.1. The molecule has 2 aromatic rings. The van der Waals surface area contributed by atoms with Crippen LogP contribution in [0.1, 0.15) is 5.01 Å². The van der Waals surface area contributed by atoms with Crippen molar-refractivity contribution in [3.8, 4) is 17.0 Å². The monoisotopic (exact) mass is 256 g/mol. The van der Waals surface area contributed by atoms with Gasteiger partial charge in [0.05, 0.1) is 5.69 Å². The fourth-order valence-corrected chi connectivity index (χ4v) is 2.08. The number of hydrogen-bond donors (Lipinski definition) is 1. The largest absolute Gasteiger partial charge is 0.434 e. The first kappa shape index (κ1) is 11.9. The Kier molecular flexibility index (Phi) is 3.65. The van der Waals surface area contributed by atoms with Crippen molar-refractivity contribution in [1.29, 1.82) is 0 Å². The molecule has 0 aliphatic rings. The minimum absolute atomic E-state index is 0.122. The van der Waals surface area contributed by atoms with E-state index in [1.165, 1.54) is 17.4 Å². The molecular weight excluding hydrogens is 246 g/mol. The summed E-state index contributed by atoms with van der Waals surface area (Å²) in [5.74, 6) is 0.122. The first-order valence-corrected chi connectivity index (χ1v) is 5.77. The lowest BCUT2D eigenvalue weighted by molar-refractivity contribution is -0.0494. The predicted molar refractivity (Wildman–Crippen MR) is 62.1 cm³/mol. The Morgan fingerprint density at radius 3 is 2.76 bits per heavy atom. The Balaban J connectivity index is 2.36. The van der Waals surface area contributed by atoms with Crippen molar-refractivity contribution in [2.45, 2.75) is 13.2 Å². The van der Waals surface area contributed by atoms with Gasteiger partial charge in [-0.1, -0.05) is 12.1 Å². The van der Waals surface area contributed by atoms with Gasteiger partial charge in [-0.2, -0.15) is 8.78 Å². The number of nitrogens with zero attached hydrogens (tertiary/aromatic N) is 1. The van der Waals surface area contributed by atoms with Crippen molar-refractivity contribution in [3.05, 3.63) is 34.7 Å². The number of alkyl halides is 2. The molecule has 0 saturated heterocycles. The highest BCUT2D eigenvalue weighted by Crippen LogP contribution is 2.31. The Hall–Kier alpha value is -1.53. The van der Waals surface area contributed by atoms with E-state index in [0.29, 0.717) is 17.8 Å². The van der Waals surface area contributed by atoms with Crippen LogP contribution in [0.4, 0.5) is 8.78 Å². The zero-order valence-corrected chi connectivity index (χ0v) is 9.58. The summed E-state index contributed by atoms with van der Waals surface area (Å²) in [6.07, 6.45) is 0. The maximum atomic E-state index is 12.2. The van der Waals surface area contributed by atoms with E-state index in [2.05, 4.69) is 9.72 Å². The number of aromatic nitrogens is 1. The van der Waals surface area contributed by atoms with Gasteiger partial charge in [-0.15, -0.1) is 11.3 Å². The highest BCUT2D eigenvalue weighted by Gasteiger charge is 2.12. The molecule has 0 unspecified atom stereocenters. The summed E-state index contributed by atoms with van der Waals surface area (Å²) >= 11 is 1.39. The molecular formula is C11H10F2N2OS. The zero-order chi connectivity index (χ0) is 12.3. The number of hydrogen-bond acceptors (Lipinski definition) is 4. The second kappa shape index (κ2) is 5.20. The van der Waals surface area contributed by atoms with Crippen LogP contribution in [0, 0.1) is 0 Å². The SMILES string of the molecule is NCc1nc(-c2ccccc2OC(F)F)cs1. The van der Waals surface area contributed by atoms with E-state index in [1.807, 2.05) is 0 Å². The van der Waals surface area contributed by atoms with Crippen LogP contribution in [-0.4, -0.2) is 11.6 Å². The first-order valence-electron chi connectivity index (χ1n) is 4.89. The average molecular weight is 256 g/mol. The number of benzene rings is 1. The molecule has 1 heterocycles. The van der Waals surface area contributed by atoms with Crippen LogP contribution in [0.3, 0.4) is 0 Å². The van der Waals surface area contributed by atoms with Gasteiger partial charge >= 0.3 is 6.61 Å². The normalized spacial score (nSPS) is 10.8. The maximum absolute atomic E-state index is 12.2. The number of ether oxygens (including phenoxy) is 1. The quantitative estimate of drug-likeness (QED) is 0.915. The molecule has 1 aromatic heterocycles. The van der Waals surface area contributed by atoms with E-state index in [4.69, 9.17) is 5.73 Å². The molecule has 3 nitrogen and oxygen atoms in total. The van der Waals surface area contributed by atoms with Crippen LogP contribution in [0.15, 0.2) is 29.6 Å². The second-order valence-electron chi connectivity index (χ2n) is 3.21. The lowest BCUT2D eigenvalue weighted by Crippen LogP contribution is -2.03. The molecule has 0 spiro atoms. The van der Waals surface area contributed by atoms with Crippen LogP contribution in [0.25, 0.3) is 11.3 Å². The summed E-state index contributed by atoms with van der Waals surface area (Å²) < 4.78 is 28.9. The Morgan fingerprint density at radius 1 is 1.35 bits per heavy atom. The smallest absolute Gasteiger partial charge is 0.387 e. The number of halogens is 2. The molecule has 2 N–H and O–H groups in total. The molecule has 0 bridgehead atoms. The first-order chi connectivity index (χ1) is 8.20. The molecule has 0 aliphatic carbocycles. The van der Waals surface area contributed by atoms with Gasteiger partial charge in [0, 0.05) is 17.5 Å². The molecule has 6 heteroatoms. The molecule has 1 aromatic carbocycles. The summed E-state index contributed by atoms with van der Waals surface area (Å²) in [7, 11) is 0. The molecule has 90 valence electrons. The summed E-state index contributed by atoms with van der Waals surface area (Å²) in [6, 6.07) is 6.56. The summed E-state index contributed by atoms with van der Waals surface area (Å²) in [4.78, 5) is 4.24. The highest BCUT2D eigenvalue weighted by atomic mass is 32.1. The number of thiazole rings is 1. The van der Waals surface area contributed by atoms with Crippen molar-refractivity contribution in [2.75, 3.05) is 0 Å². The zero-order valence-electron chi connectivity index (χ0n) is 8.77. The molecule has 0 fully saturated rings. The van der Waals surface area contributed by atoms with Crippen molar-refractivity contribution in [2.24, 2.45) is 5.73 Å².